The van der Waals surface area contributed by atoms with Gasteiger partial charge >= 0.3 is 5.97 Å². The van der Waals surface area contributed by atoms with Gasteiger partial charge in [0.05, 0.1) is 6.61 Å². The van der Waals surface area contributed by atoms with Crippen LogP contribution in [-0.2, 0) is 19.6 Å². The zero-order chi connectivity index (χ0) is 19.4. The van der Waals surface area contributed by atoms with Crippen molar-refractivity contribution in [3.8, 4) is 0 Å². The van der Waals surface area contributed by atoms with Gasteiger partial charge in [-0.05, 0) is 51.2 Å². The number of rotatable bonds is 5. The molecule has 1 aromatic rings. The van der Waals surface area contributed by atoms with Crippen molar-refractivity contribution in [1.82, 2.24) is 9.21 Å². The number of carbonyl (C=O) groups excluding carboxylic acids is 2. The van der Waals surface area contributed by atoms with Crippen molar-refractivity contribution in [2.45, 2.75) is 44.1 Å². The minimum Gasteiger partial charge on any atom is -0.460 e. The number of hydrogen-bond donors (Lipinski definition) is 0. The standard InChI is InChI=1S/C18H26N2O6S/c1-2-25-18(22)15-6-7-16(26-15)27(23,24)20-12-8-14(9-13-20)17(21)19-10-4-3-5-11-19/h6-7,14H,2-5,8-13H2,1H3. The van der Waals surface area contributed by atoms with Crippen LogP contribution in [-0.4, -0.2) is 62.3 Å². The first-order chi connectivity index (χ1) is 12.9. The van der Waals surface area contributed by atoms with Crippen molar-refractivity contribution in [3.05, 3.63) is 17.9 Å². The zero-order valence-electron chi connectivity index (χ0n) is 15.6. The molecule has 8 nitrogen and oxygen atoms in total. The van der Waals surface area contributed by atoms with Crippen LogP contribution in [0, 0.1) is 5.92 Å². The first kappa shape index (κ1) is 19.9. The topological polar surface area (TPSA) is 97.1 Å². The van der Waals surface area contributed by atoms with Crippen LogP contribution in [0.1, 0.15) is 49.6 Å². The second-order valence-corrected chi connectivity index (χ2v) is 8.77. The molecule has 0 saturated carbocycles. The Labute approximate surface area is 159 Å². The van der Waals surface area contributed by atoms with Gasteiger partial charge in [0.2, 0.25) is 16.8 Å². The number of esters is 1. The Balaban J connectivity index is 1.61. The zero-order valence-corrected chi connectivity index (χ0v) is 16.4. The van der Waals surface area contributed by atoms with E-state index >= 15 is 0 Å². The van der Waals surface area contributed by atoms with E-state index < -0.39 is 16.0 Å². The molecule has 0 spiro atoms. The molecule has 1 aromatic heterocycles. The lowest BCUT2D eigenvalue weighted by atomic mass is 9.95. The second-order valence-electron chi connectivity index (χ2n) is 6.90. The SMILES string of the molecule is CCOC(=O)c1ccc(S(=O)(=O)N2CCC(C(=O)N3CCCCC3)CC2)o1. The highest BCUT2D eigenvalue weighted by molar-refractivity contribution is 7.89. The second kappa shape index (κ2) is 8.43. The third-order valence-corrected chi connectivity index (χ3v) is 6.90. The summed E-state index contributed by atoms with van der Waals surface area (Å²) in [6, 6.07) is 2.57. The lowest BCUT2D eigenvalue weighted by Crippen LogP contribution is -2.45. The quantitative estimate of drug-likeness (QED) is 0.703. The molecule has 0 aliphatic carbocycles. The van der Waals surface area contributed by atoms with Crippen molar-refractivity contribution in [2.75, 3.05) is 32.8 Å². The number of nitrogens with zero attached hydrogens (tertiary/aromatic N) is 2. The predicted octanol–water partition coefficient (Wildman–Crippen LogP) is 1.87. The summed E-state index contributed by atoms with van der Waals surface area (Å²) in [4.78, 5) is 26.2. The fraction of sp³-hybridized carbons (Fsp3) is 0.667. The monoisotopic (exact) mass is 398 g/mol. The minimum atomic E-state index is -3.83. The van der Waals surface area contributed by atoms with E-state index in [0.717, 1.165) is 32.4 Å². The third-order valence-electron chi connectivity index (χ3n) is 5.12. The van der Waals surface area contributed by atoms with Crippen molar-refractivity contribution in [2.24, 2.45) is 5.92 Å². The summed E-state index contributed by atoms with van der Waals surface area (Å²) in [6.45, 7) is 3.98. The van der Waals surface area contributed by atoms with Gasteiger partial charge in [0, 0.05) is 32.1 Å². The molecule has 27 heavy (non-hydrogen) atoms. The summed E-state index contributed by atoms with van der Waals surface area (Å²) in [5.41, 5.74) is 0. The van der Waals surface area contributed by atoms with Crippen LogP contribution in [0.4, 0.5) is 0 Å². The van der Waals surface area contributed by atoms with Crippen molar-refractivity contribution in [1.29, 1.82) is 0 Å². The van der Waals surface area contributed by atoms with E-state index in [4.69, 9.17) is 9.15 Å². The van der Waals surface area contributed by atoms with Crippen LogP contribution < -0.4 is 0 Å². The molecule has 3 heterocycles. The van der Waals surface area contributed by atoms with E-state index in [2.05, 4.69) is 0 Å². The van der Waals surface area contributed by atoms with Crippen molar-refractivity contribution in [3.63, 3.8) is 0 Å². The van der Waals surface area contributed by atoms with E-state index in [1.807, 2.05) is 4.90 Å². The molecule has 0 unspecified atom stereocenters. The first-order valence-corrected chi connectivity index (χ1v) is 10.9. The molecule has 0 atom stereocenters. The number of furan rings is 1. The molecule has 0 bridgehead atoms. The van der Waals surface area contributed by atoms with Crippen LogP contribution in [0.5, 0.6) is 0 Å². The average molecular weight is 398 g/mol. The van der Waals surface area contributed by atoms with E-state index in [1.54, 1.807) is 6.92 Å². The number of piperidine rings is 2. The molecule has 150 valence electrons. The third kappa shape index (κ3) is 4.35. The van der Waals surface area contributed by atoms with Crippen LogP contribution >= 0.6 is 0 Å². The lowest BCUT2D eigenvalue weighted by molar-refractivity contribution is -0.137. The van der Waals surface area contributed by atoms with Gasteiger partial charge in [-0.1, -0.05) is 0 Å². The van der Waals surface area contributed by atoms with Gasteiger partial charge < -0.3 is 14.1 Å². The van der Waals surface area contributed by atoms with Crippen LogP contribution in [0.2, 0.25) is 0 Å². The normalized spacial score (nSPS) is 19.8. The van der Waals surface area contributed by atoms with E-state index in [-0.39, 0.29) is 42.4 Å². The van der Waals surface area contributed by atoms with Gasteiger partial charge in [-0.3, -0.25) is 4.79 Å². The summed E-state index contributed by atoms with van der Waals surface area (Å²) >= 11 is 0. The molecule has 0 N–H and O–H groups in total. The summed E-state index contributed by atoms with van der Waals surface area (Å²) in [6.07, 6.45) is 4.25. The van der Waals surface area contributed by atoms with Crippen molar-refractivity contribution < 1.29 is 27.2 Å². The Hall–Kier alpha value is -1.87. The van der Waals surface area contributed by atoms with E-state index in [9.17, 15) is 18.0 Å². The molecular weight excluding hydrogens is 372 g/mol. The number of amides is 1. The molecule has 2 saturated heterocycles. The molecule has 0 aromatic carbocycles. The lowest BCUT2D eigenvalue weighted by Gasteiger charge is -2.34. The summed E-state index contributed by atoms with van der Waals surface area (Å²) in [7, 11) is -3.83. The summed E-state index contributed by atoms with van der Waals surface area (Å²) in [5.74, 6) is -0.800. The van der Waals surface area contributed by atoms with Gasteiger partial charge in [0.1, 0.15) is 0 Å². The number of likely N-dealkylation sites (tertiary alicyclic amines) is 1. The number of carbonyl (C=O) groups is 2. The molecule has 2 aliphatic rings. The van der Waals surface area contributed by atoms with Gasteiger partial charge in [-0.15, -0.1) is 0 Å². The fourth-order valence-corrected chi connectivity index (χ4v) is 4.99. The van der Waals surface area contributed by atoms with Gasteiger partial charge in [0.25, 0.3) is 10.0 Å². The molecule has 3 rings (SSSR count). The Kier molecular flexibility index (Phi) is 6.21. The number of hydrogen-bond acceptors (Lipinski definition) is 6. The molecule has 2 fully saturated rings. The molecule has 1 amide bonds. The largest absolute Gasteiger partial charge is 0.460 e. The maximum Gasteiger partial charge on any atom is 0.374 e. The van der Waals surface area contributed by atoms with Gasteiger partial charge in [0.15, 0.2) is 0 Å². The van der Waals surface area contributed by atoms with E-state index in [1.165, 1.54) is 16.4 Å². The first-order valence-electron chi connectivity index (χ1n) is 9.49. The highest BCUT2D eigenvalue weighted by Gasteiger charge is 2.35. The predicted molar refractivity (Wildman–Crippen MR) is 96.6 cm³/mol. The highest BCUT2D eigenvalue weighted by Crippen LogP contribution is 2.27. The maximum absolute atomic E-state index is 12.7. The van der Waals surface area contributed by atoms with Gasteiger partial charge in [-0.2, -0.15) is 4.31 Å². The Morgan fingerprint density at radius 1 is 1.11 bits per heavy atom. The van der Waals surface area contributed by atoms with Crippen LogP contribution in [0.25, 0.3) is 0 Å². The molecule has 2 aliphatic heterocycles. The molecular formula is C18H26N2O6S. The average Bonchev–Trinajstić information content (AvgIpc) is 3.20. The Morgan fingerprint density at radius 3 is 2.41 bits per heavy atom. The van der Waals surface area contributed by atoms with Gasteiger partial charge in [-0.25, -0.2) is 13.2 Å². The fourth-order valence-electron chi connectivity index (χ4n) is 3.61. The summed E-state index contributed by atoms with van der Waals surface area (Å²) < 4.78 is 36.8. The van der Waals surface area contributed by atoms with Crippen LogP contribution in [0.3, 0.4) is 0 Å². The number of ether oxygens (including phenoxy) is 1. The highest BCUT2D eigenvalue weighted by atomic mass is 32.2. The van der Waals surface area contributed by atoms with E-state index in [0.29, 0.717) is 12.8 Å². The Morgan fingerprint density at radius 2 is 1.78 bits per heavy atom. The van der Waals surface area contributed by atoms with Crippen LogP contribution in [0.15, 0.2) is 21.6 Å². The summed E-state index contributed by atoms with van der Waals surface area (Å²) in [5, 5.41) is -0.272. The molecule has 0 radical (unpaired) electrons. The number of sulfonamides is 1. The smallest absolute Gasteiger partial charge is 0.374 e. The van der Waals surface area contributed by atoms with Crippen molar-refractivity contribution >= 4 is 21.9 Å². The molecule has 9 heteroatoms. The minimum absolute atomic E-state index is 0.124. The Bertz CT molecular complexity index is 774. The maximum atomic E-state index is 12.7.